The molecule has 0 aromatic heterocycles. The summed E-state index contributed by atoms with van der Waals surface area (Å²) < 4.78 is 0. The number of hydrogen-bond donors (Lipinski definition) is 1. The number of hydrogen-bond acceptors (Lipinski definition) is 1. The number of carboxylic acid groups (broad SMARTS) is 1. The van der Waals surface area contributed by atoms with Gasteiger partial charge in [0.2, 0.25) is 0 Å². The second kappa shape index (κ2) is 17.7. The lowest BCUT2D eigenvalue weighted by atomic mass is 10.1. The molecule has 0 heterocycles. The fraction of sp³-hybridized carbons (Fsp3) is 0.650. The van der Waals surface area contributed by atoms with Crippen molar-refractivity contribution >= 4 is 5.97 Å². The summed E-state index contributed by atoms with van der Waals surface area (Å²) in [6, 6.07) is 0. The third kappa shape index (κ3) is 18.7. The van der Waals surface area contributed by atoms with Crippen molar-refractivity contribution in [2.24, 2.45) is 0 Å². The molecular weight excluding hydrogens is 272 g/mol. The summed E-state index contributed by atoms with van der Waals surface area (Å²) in [5.41, 5.74) is 0. The molecule has 0 saturated heterocycles. The summed E-state index contributed by atoms with van der Waals surface area (Å²) in [7, 11) is 0. The van der Waals surface area contributed by atoms with Gasteiger partial charge in [0.1, 0.15) is 0 Å². The van der Waals surface area contributed by atoms with Gasteiger partial charge in [0.05, 0.1) is 0 Å². The zero-order valence-electron chi connectivity index (χ0n) is 14.3. The lowest BCUT2D eigenvalue weighted by Gasteiger charge is -1.94. The van der Waals surface area contributed by atoms with Crippen molar-refractivity contribution in [1.29, 1.82) is 0 Å². The van der Waals surface area contributed by atoms with E-state index in [4.69, 9.17) is 5.11 Å². The Morgan fingerprint density at radius 2 is 1.09 bits per heavy atom. The van der Waals surface area contributed by atoms with Crippen LogP contribution < -0.4 is 0 Å². The minimum atomic E-state index is -0.717. The van der Waals surface area contributed by atoms with Crippen LogP contribution in [0.3, 0.4) is 0 Å². The molecule has 126 valence electrons. The molecule has 0 atom stereocenters. The van der Waals surface area contributed by atoms with E-state index >= 15 is 0 Å². The van der Waals surface area contributed by atoms with Crippen LogP contribution in [0.25, 0.3) is 0 Å². The highest BCUT2D eigenvalue weighted by Crippen LogP contribution is 2.05. The fourth-order valence-corrected chi connectivity index (χ4v) is 2.14. The van der Waals surface area contributed by atoms with Crippen molar-refractivity contribution in [3.05, 3.63) is 36.5 Å². The predicted octanol–water partition coefficient (Wildman–Crippen LogP) is 6.44. The Morgan fingerprint density at radius 3 is 1.55 bits per heavy atom. The Labute approximate surface area is 137 Å². The van der Waals surface area contributed by atoms with Crippen LogP contribution in [0.5, 0.6) is 0 Å². The standard InChI is InChI=1S/C20H34O2/c1-2-3-4-5-6-7-8-9-10-11-12-13-14-15-16-17-18-19-20(21)22/h6-7,10-11,16-17H,2-5,8-9,12-15,18-19H2,1H3,(H,21,22). The molecule has 2 nitrogen and oxygen atoms in total. The van der Waals surface area contributed by atoms with Crippen molar-refractivity contribution < 1.29 is 9.90 Å². The van der Waals surface area contributed by atoms with Crippen LogP contribution in [0.2, 0.25) is 0 Å². The van der Waals surface area contributed by atoms with Crippen molar-refractivity contribution in [3.8, 4) is 0 Å². The molecule has 2 heteroatoms. The summed E-state index contributed by atoms with van der Waals surface area (Å²) in [5.74, 6) is -0.717. The molecule has 0 radical (unpaired) electrons. The molecule has 0 unspecified atom stereocenters. The van der Waals surface area contributed by atoms with Crippen molar-refractivity contribution in [2.45, 2.75) is 84.0 Å². The molecule has 0 amide bonds. The molecule has 0 rings (SSSR count). The molecule has 0 saturated carbocycles. The molecule has 0 aromatic carbocycles. The molecule has 22 heavy (non-hydrogen) atoms. The van der Waals surface area contributed by atoms with E-state index < -0.39 is 5.97 Å². The Balaban J connectivity index is 3.25. The third-order valence-corrected chi connectivity index (χ3v) is 3.49. The third-order valence-electron chi connectivity index (χ3n) is 3.49. The molecule has 0 aliphatic carbocycles. The van der Waals surface area contributed by atoms with Crippen LogP contribution in [0.1, 0.15) is 84.0 Å². The van der Waals surface area contributed by atoms with E-state index in [-0.39, 0.29) is 6.42 Å². The zero-order chi connectivity index (χ0) is 16.3. The van der Waals surface area contributed by atoms with Gasteiger partial charge in [-0.3, -0.25) is 4.79 Å². The molecule has 0 spiro atoms. The van der Waals surface area contributed by atoms with Gasteiger partial charge in [-0.25, -0.2) is 0 Å². The number of carbonyl (C=O) groups is 1. The van der Waals surface area contributed by atoms with Gasteiger partial charge in [0, 0.05) is 6.42 Å². The van der Waals surface area contributed by atoms with Gasteiger partial charge in [0.15, 0.2) is 0 Å². The number of aliphatic carboxylic acids is 1. The SMILES string of the molecule is CCCCCC=CCCC=CCCCCC=CCCC(=O)O. The van der Waals surface area contributed by atoms with Gasteiger partial charge in [-0.15, -0.1) is 0 Å². The summed E-state index contributed by atoms with van der Waals surface area (Å²) in [6.45, 7) is 2.24. The van der Waals surface area contributed by atoms with Gasteiger partial charge in [-0.05, 0) is 57.8 Å². The molecule has 0 aliphatic heterocycles. The molecule has 0 aromatic rings. The first-order chi connectivity index (χ1) is 10.8. The van der Waals surface area contributed by atoms with Crippen molar-refractivity contribution in [2.75, 3.05) is 0 Å². The maximum atomic E-state index is 10.3. The molecule has 0 bridgehead atoms. The van der Waals surface area contributed by atoms with E-state index in [0.717, 1.165) is 25.7 Å². The summed E-state index contributed by atoms with van der Waals surface area (Å²) in [4.78, 5) is 10.3. The zero-order valence-corrected chi connectivity index (χ0v) is 14.3. The average molecular weight is 306 g/mol. The number of unbranched alkanes of at least 4 members (excludes halogenated alkanes) is 7. The van der Waals surface area contributed by atoms with Crippen LogP contribution in [-0.4, -0.2) is 11.1 Å². The van der Waals surface area contributed by atoms with Gasteiger partial charge < -0.3 is 5.11 Å². The summed E-state index contributed by atoms with van der Waals surface area (Å²) >= 11 is 0. The molecule has 1 N–H and O–H groups in total. The normalized spacial score (nSPS) is 12.0. The van der Waals surface area contributed by atoms with E-state index in [9.17, 15) is 4.79 Å². The highest BCUT2D eigenvalue weighted by atomic mass is 16.4. The fourth-order valence-electron chi connectivity index (χ4n) is 2.14. The Kier molecular flexibility index (Phi) is 16.7. The highest BCUT2D eigenvalue weighted by molar-refractivity contribution is 5.66. The lowest BCUT2D eigenvalue weighted by Crippen LogP contribution is -1.91. The summed E-state index contributed by atoms with van der Waals surface area (Å²) in [6.07, 6.45) is 26.3. The van der Waals surface area contributed by atoms with Crippen LogP contribution in [0.15, 0.2) is 36.5 Å². The monoisotopic (exact) mass is 306 g/mol. The summed E-state index contributed by atoms with van der Waals surface area (Å²) in [5, 5.41) is 8.49. The van der Waals surface area contributed by atoms with Crippen LogP contribution >= 0.6 is 0 Å². The number of carboxylic acids is 1. The minimum Gasteiger partial charge on any atom is -0.481 e. The number of rotatable bonds is 15. The maximum absolute atomic E-state index is 10.3. The van der Waals surface area contributed by atoms with E-state index in [1.54, 1.807) is 0 Å². The second-order valence-corrected chi connectivity index (χ2v) is 5.70. The quantitative estimate of drug-likeness (QED) is 0.279. The van der Waals surface area contributed by atoms with Gasteiger partial charge in [0.25, 0.3) is 0 Å². The topological polar surface area (TPSA) is 37.3 Å². The molecule has 0 fully saturated rings. The average Bonchev–Trinajstić information content (AvgIpc) is 2.50. The van der Waals surface area contributed by atoms with Crippen molar-refractivity contribution in [1.82, 2.24) is 0 Å². The lowest BCUT2D eigenvalue weighted by molar-refractivity contribution is -0.136. The molecular formula is C20H34O2. The Bertz CT molecular complexity index is 327. The van der Waals surface area contributed by atoms with Gasteiger partial charge in [-0.1, -0.05) is 56.2 Å². The Morgan fingerprint density at radius 1 is 0.682 bits per heavy atom. The van der Waals surface area contributed by atoms with Crippen LogP contribution in [0, 0.1) is 0 Å². The largest absolute Gasteiger partial charge is 0.481 e. The van der Waals surface area contributed by atoms with E-state index in [2.05, 4.69) is 37.3 Å². The number of allylic oxidation sites excluding steroid dienone is 6. The van der Waals surface area contributed by atoms with E-state index in [1.165, 1.54) is 38.5 Å². The minimum absolute atomic E-state index is 0.242. The first kappa shape index (κ1) is 20.7. The maximum Gasteiger partial charge on any atom is 0.303 e. The first-order valence-corrected chi connectivity index (χ1v) is 8.94. The molecule has 0 aliphatic rings. The second-order valence-electron chi connectivity index (χ2n) is 5.70. The van der Waals surface area contributed by atoms with E-state index in [1.807, 2.05) is 6.08 Å². The van der Waals surface area contributed by atoms with Crippen LogP contribution in [-0.2, 0) is 4.79 Å². The van der Waals surface area contributed by atoms with Crippen LogP contribution in [0.4, 0.5) is 0 Å². The highest BCUT2D eigenvalue weighted by Gasteiger charge is 1.91. The predicted molar refractivity (Wildman–Crippen MR) is 96.1 cm³/mol. The first-order valence-electron chi connectivity index (χ1n) is 8.94. The van der Waals surface area contributed by atoms with Crippen molar-refractivity contribution in [3.63, 3.8) is 0 Å². The van der Waals surface area contributed by atoms with Gasteiger partial charge >= 0.3 is 5.97 Å². The smallest absolute Gasteiger partial charge is 0.303 e. The van der Waals surface area contributed by atoms with E-state index in [0.29, 0.717) is 6.42 Å². The Hall–Kier alpha value is -1.31. The van der Waals surface area contributed by atoms with Gasteiger partial charge in [-0.2, -0.15) is 0 Å².